The third-order valence-electron chi connectivity index (χ3n) is 6.22. The zero-order valence-electron chi connectivity index (χ0n) is 18.7. The number of hydrogen-bond acceptors (Lipinski definition) is 6. The number of carbonyl (C=O) groups excluding carboxylic acids is 1. The van der Waals surface area contributed by atoms with E-state index in [0.29, 0.717) is 11.4 Å². The normalized spacial score (nSPS) is 19.0. The highest BCUT2D eigenvalue weighted by molar-refractivity contribution is 6.07. The van der Waals surface area contributed by atoms with Gasteiger partial charge in [-0.15, -0.1) is 0 Å². The Bertz CT molecular complexity index is 1120. The van der Waals surface area contributed by atoms with E-state index in [1.54, 1.807) is 12.1 Å². The minimum Gasteiger partial charge on any atom is -0.394 e. The predicted octanol–water partition coefficient (Wildman–Crippen LogP) is 3.73. The van der Waals surface area contributed by atoms with Crippen LogP contribution in [0.15, 0.2) is 42.0 Å². The molecule has 182 valence electrons. The maximum Gasteiger partial charge on any atom is 0.418 e. The molecule has 3 N–H and O–H groups in total. The van der Waals surface area contributed by atoms with Gasteiger partial charge in [-0.2, -0.15) is 18.4 Å². The van der Waals surface area contributed by atoms with Crippen LogP contribution in [0.2, 0.25) is 0 Å². The van der Waals surface area contributed by atoms with Gasteiger partial charge in [0.25, 0.3) is 0 Å². The first kappa shape index (κ1) is 25.7. The highest BCUT2D eigenvalue weighted by Gasteiger charge is 2.39. The molecular formula is C25H27F3N2O4. The van der Waals surface area contributed by atoms with E-state index in [9.17, 15) is 33.4 Å². The average Bonchev–Trinajstić information content (AvgIpc) is 3.24. The lowest BCUT2D eigenvalue weighted by Crippen LogP contribution is -2.30. The topological polar surface area (TPSA) is 105 Å². The molecule has 1 aliphatic heterocycles. The highest BCUT2D eigenvalue weighted by atomic mass is 19.4. The molecule has 34 heavy (non-hydrogen) atoms. The number of carbonyl (C=O) groups is 1. The summed E-state index contributed by atoms with van der Waals surface area (Å²) in [5.41, 5.74) is -1.70. The number of Topliss-reactive ketones (excluding diaryl/α,β-unsaturated/α-hetero) is 1. The van der Waals surface area contributed by atoms with Gasteiger partial charge in [0.1, 0.15) is 17.7 Å². The molecule has 6 nitrogen and oxygen atoms in total. The summed E-state index contributed by atoms with van der Waals surface area (Å²) in [5.74, 6) is -1.10. The first-order chi connectivity index (χ1) is 16.1. The number of nitriles is 1. The van der Waals surface area contributed by atoms with Crippen LogP contribution in [0.25, 0.3) is 16.3 Å². The summed E-state index contributed by atoms with van der Waals surface area (Å²) in [6.07, 6.45) is -6.83. The van der Waals surface area contributed by atoms with E-state index in [0.717, 1.165) is 30.5 Å². The number of rotatable bonds is 8. The van der Waals surface area contributed by atoms with E-state index in [2.05, 4.69) is 11.8 Å². The Morgan fingerprint density at radius 2 is 1.85 bits per heavy atom. The summed E-state index contributed by atoms with van der Waals surface area (Å²) < 4.78 is 42.0. The third-order valence-corrected chi connectivity index (χ3v) is 6.22. The van der Waals surface area contributed by atoms with Crippen LogP contribution >= 0.6 is 0 Å². The second kappa shape index (κ2) is 10.6. The van der Waals surface area contributed by atoms with Gasteiger partial charge in [0.2, 0.25) is 0 Å². The number of benzene rings is 2. The van der Waals surface area contributed by atoms with Crippen LogP contribution in [0.3, 0.4) is 0 Å². The Morgan fingerprint density at radius 3 is 2.44 bits per heavy atom. The lowest BCUT2D eigenvalue weighted by atomic mass is 9.93. The van der Waals surface area contributed by atoms with Gasteiger partial charge in [-0.05, 0) is 60.7 Å². The van der Waals surface area contributed by atoms with E-state index in [1.807, 2.05) is 12.1 Å². The van der Waals surface area contributed by atoms with Crippen molar-refractivity contribution in [2.75, 3.05) is 18.1 Å². The van der Waals surface area contributed by atoms with Crippen molar-refractivity contribution in [2.45, 2.75) is 57.0 Å². The van der Waals surface area contributed by atoms with Gasteiger partial charge in [-0.25, -0.2) is 0 Å². The third kappa shape index (κ3) is 5.58. The Labute approximate surface area is 195 Å². The molecule has 0 saturated carbocycles. The second-order valence-electron chi connectivity index (χ2n) is 8.57. The van der Waals surface area contributed by atoms with Crippen LogP contribution in [0.5, 0.6) is 0 Å². The number of hydrogen-bond donors (Lipinski definition) is 3. The molecule has 3 rings (SSSR count). The van der Waals surface area contributed by atoms with E-state index in [-0.39, 0.29) is 5.56 Å². The van der Waals surface area contributed by atoms with Crippen molar-refractivity contribution in [3.05, 3.63) is 47.5 Å². The molecule has 0 amide bonds. The molecule has 2 aromatic carbocycles. The summed E-state index contributed by atoms with van der Waals surface area (Å²) in [6, 6.07) is 11.4. The smallest absolute Gasteiger partial charge is 0.394 e. The number of nitrogens with zero attached hydrogens (tertiary/aromatic N) is 2. The molecule has 1 fully saturated rings. The van der Waals surface area contributed by atoms with E-state index >= 15 is 0 Å². The molecule has 1 saturated heterocycles. The quantitative estimate of drug-likeness (QED) is 0.396. The SMILES string of the molecule is CC1CCCN1c1ccc2cc(/C(=C(\C#N)C(=O)CCC(O)C(O)CO)C(F)(F)F)ccc2c1. The molecule has 2 aromatic rings. The number of alkyl halides is 3. The second-order valence-corrected chi connectivity index (χ2v) is 8.57. The Morgan fingerprint density at radius 1 is 1.18 bits per heavy atom. The van der Waals surface area contributed by atoms with Crippen LogP contribution in [0.1, 0.15) is 38.2 Å². The van der Waals surface area contributed by atoms with Crippen molar-refractivity contribution in [1.82, 2.24) is 0 Å². The van der Waals surface area contributed by atoms with E-state index in [4.69, 9.17) is 5.11 Å². The fourth-order valence-electron chi connectivity index (χ4n) is 4.31. The van der Waals surface area contributed by atoms with Crippen LogP contribution in [-0.4, -0.2) is 58.7 Å². The molecule has 0 aromatic heterocycles. The van der Waals surface area contributed by atoms with Gasteiger partial charge < -0.3 is 20.2 Å². The molecular weight excluding hydrogens is 449 g/mol. The minimum absolute atomic E-state index is 0.303. The average molecular weight is 476 g/mol. The minimum atomic E-state index is -4.97. The van der Waals surface area contributed by atoms with Crippen molar-refractivity contribution >= 4 is 27.8 Å². The zero-order chi connectivity index (χ0) is 25.0. The van der Waals surface area contributed by atoms with Gasteiger partial charge in [0.05, 0.1) is 18.3 Å². The van der Waals surface area contributed by atoms with Crippen molar-refractivity contribution in [1.29, 1.82) is 5.26 Å². The van der Waals surface area contributed by atoms with Crippen molar-refractivity contribution in [2.24, 2.45) is 0 Å². The number of allylic oxidation sites excluding steroid dienone is 2. The van der Waals surface area contributed by atoms with Crippen LogP contribution < -0.4 is 4.90 Å². The number of anilines is 1. The monoisotopic (exact) mass is 476 g/mol. The van der Waals surface area contributed by atoms with Gasteiger partial charge in [-0.3, -0.25) is 4.79 Å². The zero-order valence-corrected chi connectivity index (χ0v) is 18.7. The summed E-state index contributed by atoms with van der Waals surface area (Å²) in [4.78, 5) is 14.7. The van der Waals surface area contributed by atoms with Gasteiger partial charge >= 0.3 is 6.18 Å². The number of ketones is 1. The first-order valence-corrected chi connectivity index (χ1v) is 11.1. The Hall–Kier alpha value is -2.93. The molecule has 3 atom stereocenters. The molecule has 0 radical (unpaired) electrons. The molecule has 1 aliphatic rings. The largest absolute Gasteiger partial charge is 0.418 e. The molecule has 0 aliphatic carbocycles. The molecule has 3 unspecified atom stereocenters. The van der Waals surface area contributed by atoms with Crippen molar-refractivity contribution in [3.8, 4) is 6.07 Å². The van der Waals surface area contributed by atoms with E-state index < -0.39 is 54.8 Å². The van der Waals surface area contributed by atoms with Crippen LogP contribution in [0.4, 0.5) is 18.9 Å². The van der Waals surface area contributed by atoms with Gasteiger partial charge in [0, 0.05) is 24.7 Å². The van der Waals surface area contributed by atoms with Gasteiger partial charge in [-0.1, -0.05) is 18.2 Å². The van der Waals surface area contributed by atoms with Gasteiger partial charge in [0.15, 0.2) is 5.78 Å². The van der Waals surface area contributed by atoms with Crippen molar-refractivity contribution in [3.63, 3.8) is 0 Å². The maximum atomic E-state index is 14.0. The Balaban J connectivity index is 1.97. The van der Waals surface area contributed by atoms with E-state index in [1.165, 1.54) is 18.2 Å². The number of fused-ring (bicyclic) bond motifs is 1. The van der Waals surface area contributed by atoms with Crippen LogP contribution in [-0.2, 0) is 4.79 Å². The van der Waals surface area contributed by atoms with Crippen LogP contribution in [0, 0.1) is 11.3 Å². The maximum absolute atomic E-state index is 14.0. The summed E-state index contributed by atoms with van der Waals surface area (Å²) in [6.45, 7) is 2.29. The summed E-state index contributed by atoms with van der Waals surface area (Å²) in [5, 5.41) is 38.6. The molecule has 1 heterocycles. The standard InChI is InChI=1S/C25H27F3N2O4/c1-15-3-2-10-30(15)19-7-6-16-11-18(5-4-17(16)12-19)24(25(26,27)28)20(13-29)21(32)8-9-22(33)23(34)14-31/h4-7,11-12,15,22-23,31,33-34H,2-3,8-10,14H2,1H3/b24-20-. The highest BCUT2D eigenvalue weighted by Crippen LogP contribution is 2.39. The fourth-order valence-corrected chi connectivity index (χ4v) is 4.31. The van der Waals surface area contributed by atoms with Crippen molar-refractivity contribution < 1.29 is 33.3 Å². The first-order valence-electron chi connectivity index (χ1n) is 11.1. The summed E-state index contributed by atoms with van der Waals surface area (Å²) >= 11 is 0. The number of aliphatic hydroxyl groups is 3. The number of halogens is 3. The molecule has 9 heteroatoms. The lowest BCUT2D eigenvalue weighted by Gasteiger charge is -2.24. The number of aliphatic hydroxyl groups excluding tert-OH is 3. The Kier molecular flexibility index (Phi) is 7.97. The molecule has 0 spiro atoms. The summed E-state index contributed by atoms with van der Waals surface area (Å²) in [7, 11) is 0. The fraction of sp³-hybridized carbons (Fsp3) is 0.440. The molecule has 0 bridgehead atoms. The lowest BCUT2D eigenvalue weighted by molar-refractivity contribution is -0.116. The predicted molar refractivity (Wildman–Crippen MR) is 122 cm³/mol.